The Morgan fingerprint density at radius 1 is 1.30 bits per heavy atom. The maximum Gasteiger partial charge on any atom is 0.153 e. The third-order valence-corrected chi connectivity index (χ3v) is 4.93. The van der Waals surface area contributed by atoms with Gasteiger partial charge >= 0.3 is 0 Å². The van der Waals surface area contributed by atoms with Crippen LogP contribution in [0, 0.1) is 12.8 Å². The number of fused-ring (bicyclic) bond motifs is 1. The lowest BCUT2D eigenvalue weighted by Crippen LogP contribution is -2.35. The molecule has 0 bridgehead atoms. The van der Waals surface area contributed by atoms with E-state index in [0.717, 1.165) is 37.9 Å². The largest absolute Gasteiger partial charge is 0.376 e. The first-order chi connectivity index (χ1) is 9.75. The molecule has 2 unspecified atom stereocenters. The summed E-state index contributed by atoms with van der Waals surface area (Å²) in [5, 5.41) is 7.59. The standard InChI is InChI=1S/C16H27N3O/c1-12-6-3-4-8-15(12)20-11-10-19-9-5-7-14-13(2)17-18-16(14)19/h12,15H,3-11H2,1-2H3,(H,17,18). The molecule has 20 heavy (non-hydrogen) atoms. The number of nitrogens with zero attached hydrogens (tertiary/aromatic N) is 2. The first-order valence-electron chi connectivity index (χ1n) is 8.16. The highest BCUT2D eigenvalue weighted by Crippen LogP contribution is 2.28. The first kappa shape index (κ1) is 13.9. The molecule has 1 aliphatic carbocycles. The number of rotatable bonds is 4. The zero-order valence-corrected chi connectivity index (χ0v) is 12.8. The average molecular weight is 277 g/mol. The second kappa shape index (κ2) is 6.17. The van der Waals surface area contributed by atoms with E-state index < -0.39 is 0 Å². The van der Waals surface area contributed by atoms with Crippen molar-refractivity contribution in [3.63, 3.8) is 0 Å². The smallest absolute Gasteiger partial charge is 0.153 e. The van der Waals surface area contributed by atoms with Gasteiger partial charge in [0.05, 0.1) is 12.7 Å². The number of hydrogen-bond donors (Lipinski definition) is 1. The Kier molecular flexibility index (Phi) is 4.29. The van der Waals surface area contributed by atoms with Crippen molar-refractivity contribution in [3.05, 3.63) is 11.3 Å². The van der Waals surface area contributed by atoms with Gasteiger partial charge in [-0.3, -0.25) is 5.10 Å². The molecule has 0 saturated heterocycles. The highest BCUT2D eigenvalue weighted by Gasteiger charge is 2.24. The average Bonchev–Trinajstić information content (AvgIpc) is 2.84. The normalized spacial score (nSPS) is 26.6. The summed E-state index contributed by atoms with van der Waals surface area (Å²) in [6.45, 7) is 7.37. The third-order valence-electron chi connectivity index (χ3n) is 4.93. The van der Waals surface area contributed by atoms with Crippen LogP contribution in [0.3, 0.4) is 0 Å². The molecule has 1 aromatic rings. The van der Waals surface area contributed by atoms with Crippen LogP contribution in [0.4, 0.5) is 5.82 Å². The molecule has 1 aliphatic heterocycles. The van der Waals surface area contributed by atoms with Gasteiger partial charge in [0.25, 0.3) is 0 Å². The zero-order chi connectivity index (χ0) is 13.9. The summed E-state index contributed by atoms with van der Waals surface area (Å²) in [4.78, 5) is 2.38. The predicted octanol–water partition coefficient (Wildman–Crippen LogP) is 3.07. The molecule has 0 spiro atoms. The van der Waals surface area contributed by atoms with Crippen LogP contribution >= 0.6 is 0 Å². The van der Waals surface area contributed by atoms with Crippen molar-refractivity contribution in [1.29, 1.82) is 0 Å². The molecular formula is C16H27N3O. The summed E-state index contributed by atoms with van der Waals surface area (Å²) < 4.78 is 6.14. The fourth-order valence-electron chi connectivity index (χ4n) is 3.61. The van der Waals surface area contributed by atoms with E-state index in [-0.39, 0.29) is 0 Å². The Labute approximate surface area is 121 Å². The maximum absolute atomic E-state index is 6.14. The molecule has 1 aromatic heterocycles. The summed E-state index contributed by atoms with van der Waals surface area (Å²) >= 11 is 0. The second-order valence-electron chi connectivity index (χ2n) is 6.41. The molecule has 2 atom stereocenters. The number of hydrogen-bond acceptors (Lipinski definition) is 3. The summed E-state index contributed by atoms with van der Waals surface area (Å²) in [6.07, 6.45) is 8.16. The van der Waals surface area contributed by atoms with E-state index in [1.807, 2.05) is 0 Å². The van der Waals surface area contributed by atoms with Crippen LogP contribution in [0.15, 0.2) is 0 Å². The maximum atomic E-state index is 6.14. The van der Waals surface area contributed by atoms with Crippen molar-refractivity contribution in [3.8, 4) is 0 Å². The molecule has 3 rings (SSSR count). The Morgan fingerprint density at radius 3 is 3.00 bits per heavy atom. The van der Waals surface area contributed by atoms with Gasteiger partial charge in [-0.1, -0.05) is 19.8 Å². The number of aromatic amines is 1. The molecule has 4 heteroatoms. The SMILES string of the molecule is Cc1[nH]nc2c1CCCN2CCOC1CCCCC1C. The lowest BCUT2D eigenvalue weighted by Gasteiger charge is -2.31. The second-order valence-corrected chi connectivity index (χ2v) is 6.41. The van der Waals surface area contributed by atoms with Crippen molar-refractivity contribution in [1.82, 2.24) is 10.2 Å². The van der Waals surface area contributed by atoms with Crippen LogP contribution < -0.4 is 4.90 Å². The fraction of sp³-hybridized carbons (Fsp3) is 0.812. The van der Waals surface area contributed by atoms with Gasteiger partial charge < -0.3 is 9.64 Å². The van der Waals surface area contributed by atoms with Crippen LogP contribution in [0.5, 0.6) is 0 Å². The minimum atomic E-state index is 0.480. The topological polar surface area (TPSA) is 41.2 Å². The molecule has 2 heterocycles. The van der Waals surface area contributed by atoms with Crippen molar-refractivity contribution in [2.45, 2.75) is 58.5 Å². The Bertz CT molecular complexity index is 443. The van der Waals surface area contributed by atoms with Crippen LogP contribution in [-0.4, -0.2) is 36.0 Å². The van der Waals surface area contributed by atoms with E-state index in [4.69, 9.17) is 4.74 Å². The minimum absolute atomic E-state index is 0.480. The van der Waals surface area contributed by atoms with Gasteiger partial charge in [-0.25, -0.2) is 0 Å². The fourth-order valence-corrected chi connectivity index (χ4v) is 3.61. The highest BCUT2D eigenvalue weighted by atomic mass is 16.5. The monoisotopic (exact) mass is 277 g/mol. The number of nitrogens with one attached hydrogen (secondary N) is 1. The molecule has 2 aliphatic rings. The third kappa shape index (κ3) is 2.85. The zero-order valence-electron chi connectivity index (χ0n) is 12.8. The van der Waals surface area contributed by atoms with E-state index >= 15 is 0 Å². The van der Waals surface area contributed by atoms with Gasteiger partial charge in [-0.15, -0.1) is 0 Å². The Morgan fingerprint density at radius 2 is 2.15 bits per heavy atom. The van der Waals surface area contributed by atoms with Crippen LogP contribution in [0.25, 0.3) is 0 Å². The van der Waals surface area contributed by atoms with Crippen LogP contribution in [0.1, 0.15) is 50.3 Å². The van der Waals surface area contributed by atoms with Crippen LogP contribution in [0.2, 0.25) is 0 Å². The van der Waals surface area contributed by atoms with E-state index in [1.54, 1.807) is 0 Å². The first-order valence-corrected chi connectivity index (χ1v) is 8.16. The summed E-state index contributed by atoms with van der Waals surface area (Å²) in [5.74, 6) is 1.89. The highest BCUT2D eigenvalue weighted by molar-refractivity contribution is 5.50. The minimum Gasteiger partial charge on any atom is -0.376 e. The number of anilines is 1. The molecular weight excluding hydrogens is 250 g/mol. The summed E-state index contributed by atoms with van der Waals surface area (Å²) in [5.41, 5.74) is 2.63. The summed E-state index contributed by atoms with van der Waals surface area (Å²) in [6, 6.07) is 0. The molecule has 4 nitrogen and oxygen atoms in total. The van der Waals surface area contributed by atoms with E-state index in [1.165, 1.54) is 43.4 Å². The Balaban J connectivity index is 1.52. The number of aryl methyl sites for hydroxylation is 1. The number of aromatic nitrogens is 2. The summed E-state index contributed by atoms with van der Waals surface area (Å²) in [7, 11) is 0. The van der Waals surface area contributed by atoms with E-state index in [0.29, 0.717) is 6.10 Å². The molecule has 1 fully saturated rings. The van der Waals surface area contributed by atoms with Gasteiger partial charge in [0.1, 0.15) is 0 Å². The molecule has 0 amide bonds. The van der Waals surface area contributed by atoms with Crippen molar-refractivity contribution < 1.29 is 4.74 Å². The van der Waals surface area contributed by atoms with Crippen molar-refractivity contribution >= 4 is 5.82 Å². The van der Waals surface area contributed by atoms with Crippen LogP contribution in [-0.2, 0) is 11.2 Å². The van der Waals surface area contributed by atoms with Crippen molar-refractivity contribution in [2.24, 2.45) is 5.92 Å². The van der Waals surface area contributed by atoms with Gasteiger partial charge in [0.2, 0.25) is 0 Å². The van der Waals surface area contributed by atoms with Crippen molar-refractivity contribution in [2.75, 3.05) is 24.6 Å². The number of H-pyrrole nitrogens is 1. The predicted molar refractivity (Wildman–Crippen MR) is 81.2 cm³/mol. The number of ether oxygens (including phenoxy) is 1. The molecule has 0 radical (unpaired) electrons. The van der Waals surface area contributed by atoms with Gasteiger partial charge in [0.15, 0.2) is 5.82 Å². The molecule has 112 valence electrons. The Hall–Kier alpha value is -1.03. The lowest BCUT2D eigenvalue weighted by molar-refractivity contribution is -0.00140. The quantitative estimate of drug-likeness (QED) is 0.919. The van der Waals surface area contributed by atoms with Gasteiger partial charge in [0, 0.05) is 24.3 Å². The molecule has 1 N–H and O–H groups in total. The van der Waals surface area contributed by atoms with E-state index in [9.17, 15) is 0 Å². The van der Waals surface area contributed by atoms with Gasteiger partial charge in [-0.05, 0) is 38.5 Å². The van der Waals surface area contributed by atoms with Gasteiger partial charge in [-0.2, -0.15) is 5.10 Å². The lowest BCUT2D eigenvalue weighted by atomic mass is 9.88. The molecule has 1 saturated carbocycles. The molecule has 0 aromatic carbocycles. The van der Waals surface area contributed by atoms with E-state index in [2.05, 4.69) is 28.9 Å².